The van der Waals surface area contributed by atoms with E-state index in [2.05, 4.69) is 37.4 Å². The predicted octanol–water partition coefficient (Wildman–Crippen LogP) is 3.33. The maximum Gasteiger partial charge on any atom is 0.323 e. The van der Waals surface area contributed by atoms with Crippen molar-refractivity contribution in [3.05, 3.63) is 29.2 Å². The van der Waals surface area contributed by atoms with E-state index in [1.165, 1.54) is 11.1 Å². The van der Waals surface area contributed by atoms with Crippen molar-refractivity contribution in [3.63, 3.8) is 0 Å². The molecule has 0 unspecified atom stereocenters. The van der Waals surface area contributed by atoms with Crippen LogP contribution in [0, 0.1) is 6.92 Å². The van der Waals surface area contributed by atoms with Crippen LogP contribution in [0.25, 0.3) is 0 Å². The number of likely N-dealkylation sites (tertiary alicyclic amines) is 1. The quantitative estimate of drug-likeness (QED) is 0.917. The molecule has 1 aliphatic heterocycles. The smallest absolute Gasteiger partial charge is 0.323 e. The predicted molar refractivity (Wildman–Crippen MR) is 100 cm³/mol. The average molecular weight is 356 g/mol. The molecule has 0 saturated carbocycles. The SMILES string of the molecule is Cc1cnn(C2CCN(C(=O)Nc3c4c(nn3C(C)C)CCC4)CC2)c1. The van der Waals surface area contributed by atoms with E-state index in [-0.39, 0.29) is 12.1 Å². The molecule has 0 atom stereocenters. The zero-order chi connectivity index (χ0) is 18.3. The van der Waals surface area contributed by atoms with Crippen LogP contribution in [0.2, 0.25) is 0 Å². The molecule has 0 radical (unpaired) electrons. The molecule has 7 nitrogen and oxygen atoms in total. The number of fused-ring (bicyclic) bond motifs is 1. The Morgan fingerprint density at radius 2 is 2.04 bits per heavy atom. The lowest BCUT2D eigenvalue weighted by atomic mass is 10.1. The van der Waals surface area contributed by atoms with Crippen molar-refractivity contribution in [2.75, 3.05) is 18.4 Å². The number of rotatable bonds is 3. The molecule has 1 fully saturated rings. The lowest BCUT2D eigenvalue weighted by Gasteiger charge is -2.32. The third-order valence-corrected chi connectivity index (χ3v) is 5.50. The number of piperidine rings is 1. The normalized spacial score (nSPS) is 17.8. The number of nitrogens with one attached hydrogen (secondary N) is 1. The van der Waals surface area contributed by atoms with Crippen molar-refractivity contribution in [2.45, 2.75) is 65.0 Å². The van der Waals surface area contributed by atoms with Gasteiger partial charge >= 0.3 is 6.03 Å². The van der Waals surface area contributed by atoms with Crippen LogP contribution in [0.15, 0.2) is 12.4 Å². The number of hydrogen-bond donors (Lipinski definition) is 1. The van der Waals surface area contributed by atoms with E-state index < -0.39 is 0 Å². The lowest BCUT2D eigenvalue weighted by molar-refractivity contribution is 0.180. The largest absolute Gasteiger partial charge is 0.324 e. The van der Waals surface area contributed by atoms with Gasteiger partial charge < -0.3 is 4.90 Å². The number of carbonyl (C=O) groups excluding carboxylic acids is 1. The molecule has 1 aliphatic carbocycles. The summed E-state index contributed by atoms with van der Waals surface area (Å²) in [4.78, 5) is 14.8. The highest BCUT2D eigenvalue weighted by molar-refractivity contribution is 5.89. The summed E-state index contributed by atoms with van der Waals surface area (Å²) in [5.74, 6) is 0.905. The minimum absolute atomic E-state index is 0.00315. The Bertz CT molecular complexity index is 797. The molecule has 0 aromatic carbocycles. The molecule has 7 heteroatoms. The first-order valence-electron chi connectivity index (χ1n) is 9.70. The Morgan fingerprint density at radius 1 is 1.27 bits per heavy atom. The second-order valence-corrected chi connectivity index (χ2v) is 7.81. The fraction of sp³-hybridized carbons (Fsp3) is 0.632. The first-order chi connectivity index (χ1) is 12.5. The van der Waals surface area contributed by atoms with E-state index in [4.69, 9.17) is 5.10 Å². The number of anilines is 1. The van der Waals surface area contributed by atoms with Gasteiger partial charge in [-0.3, -0.25) is 10.00 Å². The zero-order valence-electron chi connectivity index (χ0n) is 15.9. The second kappa shape index (κ2) is 6.78. The Hall–Kier alpha value is -2.31. The molecule has 0 spiro atoms. The fourth-order valence-electron chi connectivity index (χ4n) is 4.06. The van der Waals surface area contributed by atoms with Crippen LogP contribution in [-0.4, -0.2) is 43.6 Å². The number of amides is 2. The van der Waals surface area contributed by atoms with Gasteiger partial charge in [0.25, 0.3) is 0 Å². The van der Waals surface area contributed by atoms with Crippen LogP contribution in [0.4, 0.5) is 10.6 Å². The standard InChI is InChI=1S/C19H28N6O/c1-13(2)25-18(16-5-4-6-17(16)22-25)21-19(26)23-9-7-15(8-10-23)24-12-14(3)11-20-24/h11-13,15H,4-10H2,1-3H3,(H,21,26). The van der Waals surface area contributed by atoms with E-state index in [1.54, 1.807) is 0 Å². The second-order valence-electron chi connectivity index (χ2n) is 7.81. The number of urea groups is 1. The highest BCUT2D eigenvalue weighted by Gasteiger charge is 2.28. The van der Waals surface area contributed by atoms with Gasteiger partial charge in [0.05, 0.1) is 17.9 Å². The van der Waals surface area contributed by atoms with Crippen LogP contribution >= 0.6 is 0 Å². The van der Waals surface area contributed by atoms with Gasteiger partial charge in [0.2, 0.25) is 0 Å². The van der Waals surface area contributed by atoms with Gasteiger partial charge in [0.1, 0.15) is 5.82 Å². The number of aryl methyl sites for hydroxylation is 2. The monoisotopic (exact) mass is 356 g/mol. The molecule has 2 aliphatic rings. The fourth-order valence-corrected chi connectivity index (χ4v) is 4.06. The topological polar surface area (TPSA) is 68.0 Å². The molecular formula is C19H28N6O. The van der Waals surface area contributed by atoms with E-state index in [1.807, 2.05) is 20.5 Å². The number of carbonyl (C=O) groups is 1. The Labute approximate surface area is 154 Å². The van der Waals surface area contributed by atoms with Crippen molar-refractivity contribution < 1.29 is 4.79 Å². The highest BCUT2D eigenvalue weighted by Crippen LogP contribution is 2.31. The summed E-state index contributed by atoms with van der Waals surface area (Å²) in [6.45, 7) is 7.79. The summed E-state index contributed by atoms with van der Waals surface area (Å²) in [7, 11) is 0. The maximum atomic E-state index is 12.8. The lowest BCUT2D eigenvalue weighted by Crippen LogP contribution is -2.42. The van der Waals surface area contributed by atoms with Gasteiger partial charge in [0.15, 0.2) is 0 Å². The third-order valence-electron chi connectivity index (χ3n) is 5.50. The Balaban J connectivity index is 1.42. The molecule has 1 N–H and O–H groups in total. The van der Waals surface area contributed by atoms with E-state index in [0.717, 1.165) is 56.7 Å². The van der Waals surface area contributed by atoms with E-state index >= 15 is 0 Å². The van der Waals surface area contributed by atoms with Gasteiger partial charge in [-0.15, -0.1) is 0 Å². The van der Waals surface area contributed by atoms with Crippen molar-refractivity contribution in [2.24, 2.45) is 0 Å². The minimum atomic E-state index is -0.00315. The van der Waals surface area contributed by atoms with Gasteiger partial charge in [-0.25, -0.2) is 9.48 Å². The van der Waals surface area contributed by atoms with Crippen molar-refractivity contribution in [1.82, 2.24) is 24.5 Å². The van der Waals surface area contributed by atoms with Gasteiger partial charge in [-0.2, -0.15) is 10.2 Å². The molecular weight excluding hydrogens is 328 g/mol. The number of aromatic nitrogens is 4. The summed E-state index contributed by atoms with van der Waals surface area (Å²) >= 11 is 0. The summed E-state index contributed by atoms with van der Waals surface area (Å²) in [6.07, 6.45) is 9.03. The average Bonchev–Trinajstić information content (AvgIpc) is 3.32. The molecule has 2 aromatic heterocycles. The molecule has 2 aromatic rings. The molecule has 1 saturated heterocycles. The summed E-state index contributed by atoms with van der Waals surface area (Å²) in [5.41, 5.74) is 3.57. The summed E-state index contributed by atoms with van der Waals surface area (Å²) in [6, 6.07) is 0.625. The van der Waals surface area contributed by atoms with E-state index in [0.29, 0.717) is 6.04 Å². The molecule has 0 bridgehead atoms. The van der Waals surface area contributed by atoms with Gasteiger partial charge in [-0.1, -0.05) is 0 Å². The molecule has 4 rings (SSSR count). The van der Waals surface area contributed by atoms with Crippen molar-refractivity contribution >= 4 is 11.8 Å². The maximum absolute atomic E-state index is 12.8. The van der Waals surface area contributed by atoms with Crippen molar-refractivity contribution in [3.8, 4) is 0 Å². The Morgan fingerprint density at radius 3 is 2.69 bits per heavy atom. The number of hydrogen-bond acceptors (Lipinski definition) is 3. The van der Waals surface area contributed by atoms with Gasteiger partial charge in [0, 0.05) is 30.9 Å². The molecule has 26 heavy (non-hydrogen) atoms. The first-order valence-corrected chi connectivity index (χ1v) is 9.70. The van der Waals surface area contributed by atoms with E-state index in [9.17, 15) is 4.79 Å². The van der Waals surface area contributed by atoms with Crippen LogP contribution in [0.1, 0.15) is 62.0 Å². The highest BCUT2D eigenvalue weighted by atomic mass is 16.2. The molecule has 3 heterocycles. The van der Waals surface area contributed by atoms with Gasteiger partial charge in [-0.05, 0) is 58.4 Å². The van der Waals surface area contributed by atoms with Crippen LogP contribution in [0.3, 0.4) is 0 Å². The first kappa shape index (κ1) is 17.1. The van der Waals surface area contributed by atoms with Crippen molar-refractivity contribution in [1.29, 1.82) is 0 Å². The van der Waals surface area contributed by atoms with Crippen LogP contribution < -0.4 is 5.32 Å². The number of nitrogens with zero attached hydrogens (tertiary/aromatic N) is 5. The summed E-state index contributed by atoms with van der Waals surface area (Å²) in [5, 5.41) is 12.3. The van der Waals surface area contributed by atoms with Crippen LogP contribution in [0.5, 0.6) is 0 Å². The minimum Gasteiger partial charge on any atom is -0.324 e. The summed E-state index contributed by atoms with van der Waals surface area (Å²) < 4.78 is 4.02. The molecule has 2 amide bonds. The third kappa shape index (κ3) is 3.10. The molecule has 140 valence electrons. The van der Waals surface area contributed by atoms with Crippen LogP contribution in [-0.2, 0) is 12.8 Å². The zero-order valence-corrected chi connectivity index (χ0v) is 15.9. The Kier molecular flexibility index (Phi) is 4.46.